The number of nitrogens with zero attached hydrogens (tertiary/aromatic N) is 1. The second-order valence-corrected chi connectivity index (χ2v) is 4.78. The van der Waals surface area contributed by atoms with Crippen LogP contribution >= 0.6 is 39.9 Å². The Hall–Kier alpha value is -0.190. The fraction of sp³-hybridized carbons (Fsp3) is 0.111. The van der Waals surface area contributed by atoms with Crippen molar-refractivity contribution in [2.75, 3.05) is 0 Å². The van der Waals surface area contributed by atoms with Crippen molar-refractivity contribution in [3.8, 4) is 0 Å². The summed E-state index contributed by atoms with van der Waals surface area (Å²) in [4.78, 5) is 0. The number of rotatable bonds is 1. The van der Waals surface area contributed by atoms with Crippen molar-refractivity contribution in [2.24, 2.45) is 0 Å². The zero-order valence-corrected chi connectivity index (χ0v) is 10.4. The van der Waals surface area contributed by atoms with E-state index in [0.717, 1.165) is 20.9 Å². The molecule has 1 heterocycles. The highest BCUT2D eigenvalue weighted by Crippen LogP contribution is 2.32. The Morgan fingerprint density at radius 2 is 2.21 bits per heavy atom. The van der Waals surface area contributed by atoms with Gasteiger partial charge in [0.05, 0.1) is 10.5 Å². The van der Waals surface area contributed by atoms with Crippen molar-refractivity contribution >= 4 is 50.8 Å². The number of benzene rings is 1. The van der Waals surface area contributed by atoms with E-state index in [9.17, 15) is 3.89 Å². The molecule has 0 unspecified atom stereocenters. The van der Waals surface area contributed by atoms with E-state index in [1.54, 1.807) is 12.3 Å². The fourth-order valence-electron chi connectivity index (χ4n) is 1.41. The van der Waals surface area contributed by atoms with Gasteiger partial charge in [0.25, 0.3) is 0 Å². The van der Waals surface area contributed by atoms with E-state index in [1.807, 2.05) is 13.0 Å². The summed E-state index contributed by atoms with van der Waals surface area (Å²) < 4.78 is 14.8. The lowest BCUT2D eigenvalue weighted by molar-refractivity contribution is 0.921. The maximum Gasteiger partial charge on any atom is 0.169 e. The molecule has 0 saturated heterocycles. The van der Waals surface area contributed by atoms with Crippen LogP contribution in [-0.2, 0) is 0 Å². The zero-order valence-electron chi connectivity index (χ0n) is 7.22. The summed E-state index contributed by atoms with van der Waals surface area (Å²) in [5.41, 5.74) is 1.82. The molecule has 0 fully saturated rings. The van der Waals surface area contributed by atoms with E-state index in [-0.39, 0.29) is 12.3 Å². The van der Waals surface area contributed by atoms with E-state index in [1.165, 1.54) is 3.97 Å². The molecule has 0 aliphatic heterocycles. The van der Waals surface area contributed by atoms with Gasteiger partial charge in [-0.1, -0.05) is 11.6 Å². The standard InChI is InChI=1S/C9H6BrClFNS/c1-5-4-13(14-12)9-3-8(11)7(10)2-6(5)9/h2-4H,1H3. The largest absolute Gasteiger partial charge is 0.264 e. The Morgan fingerprint density at radius 1 is 1.50 bits per heavy atom. The maximum absolute atomic E-state index is 12.5. The first-order chi connectivity index (χ1) is 6.63. The monoisotopic (exact) mass is 293 g/mol. The molecule has 1 aromatic carbocycles. The van der Waals surface area contributed by atoms with Crippen LogP contribution in [0.3, 0.4) is 0 Å². The van der Waals surface area contributed by atoms with Crippen LogP contribution in [0.1, 0.15) is 5.56 Å². The summed E-state index contributed by atoms with van der Waals surface area (Å²) in [6, 6.07) is 3.65. The van der Waals surface area contributed by atoms with Gasteiger partial charge in [0.1, 0.15) is 0 Å². The third kappa shape index (κ3) is 1.55. The zero-order chi connectivity index (χ0) is 10.3. The smallest absolute Gasteiger partial charge is 0.169 e. The van der Waals surface area contributed by atoms with Crippen LogP contribution < -0.4 is 0 Å². The Balaban J connectivity index is 2.84. The van der Waals surface area contributed by atoms with Crippen molar-refractivity contribution in [1.82, 2.24) is 3.97 Å². The van der Waals surface area contributed by atoms with Gasteiger partial charge in [0.15, 0.2) is 12.3 Å². The highest BCUT2D eigenvalue weighted by atomic mass is 79.9. The Bertz CT molecular complexity index is 497. The van der Waals surface area contributed by atoms with Crippen molar-refractivity contribution in [3.05, 3.63) is 33.4 Å². The average molecular weight is 295 g/mol. The van der Waals surface area contributed by atoms with E-state index >= 15 is 0 Å². The number of hydrogen-bond acceptors (Lipinski definition) is 1. The van der Waals surface area contributed by atoms with Gasteiger partial charge < -0.3 is 0 Å². The van der Waals surface area contributed by atoms with Gasteiger partial charge >= 0.3 is 0 Å². The molecule has 2 aromatic rings. The van der Waals surface area contributed by atoms with Crippen molar-refractivity contribution < 1.29 is 3.89 Å². The first kappa shape index (κ1) is 10.3. The highest BCUT2D eigenvalue weighted by Gasteiger charge is 2.08. The molecule has 0 amide bonds. The Labute approximate surface area is 98.8 Å². The molecule has 5 heteroatoms. The van der Waals surface area contributed by atoms with Gasteiger partial charge in [-0.25, -0.2) is 0 Å². The minimum atomic E-state index is 0.176. The molecule has 0 radical (unpaired) electrons. The minimum absolute atomic E-state index is 0.176. The highest BCUT2D eigenvalue weighted by molar-refractivity contribution is 9.10. The van der Waals surface area contributed by atoms with Gasteiger partial charge in [-0.05, 0) is 40.5 Å². The molecule has 0 atom stereocenters. The summed E-state index contributed by atoms with van der Waals surface area (Å²) in [6.45, 7) is 1.94. The summed E-state index contributed by atoms with van der Waals surface area (Å²) in [7, 11) is 0. The molecular formula is C9H6BrClFNS. The summed E-state index contributed by atoms with van der Waals surface area (Å²) in [6.07, 6.45) is 1.75. The van der Waals surface area contributed by atoms with Crippen molar-refractivity contribution in [1.29, 1.82) is 0 Å². The molecule has 74 valence electrons. The molecule has 0 bridgehead atoms. The predicted molar refractivity (Wildman–Crippen MR) is 63.5 cm³/mol. The van der Waals surface area contributed by atoms with Gasteiger partial charge in [-0.3, -0.25) is 3.97 Å². The number of fused-ring (bicyclic) bond motifs is 1. The molecule has 1 nitrogen and oxygen atoms in total. The lowest BCUT2D eigenvalue weighted by atomic mass is 10.2. The molecule has 0 saturated carbocycles. The first-order valence-electron chi connectivity index (χ1n) is 3.89. The SMILES string of the molecule is Cc1cn(SF)c2cc(Cl)c(Br)cc12. The molecule has 0 spiro atoms. The van der Waals surface area contributed by atoms with Crippen LogP contribution in [0.15, 0.2) is 22.8 Å². The molecule has 2 rings (SSSR count). The lowest BCUT2D eigenvalue weighted by Gasteiger charge is -1.99. The quantitative estimate of drug-likeness (QED) is 0.735. The molecule has 0 N–H and O–H groups in total. The number of halogens is 3. The van der Waals surface area contributed by atoms with E-state index in [2.05, 4.69) is 15.9 Å². The summed E-state index contributed by atoms with van der Waals surface area (Å²) in [5, 5.41) is 1.59. The lowest BCUT2D eigenvalue weighted by Crippen LogP contribution is -1.79. The van der Waals surface area contributed by atoms with Crippen LogP contribution in [0.5, 0.6) is 0 Å². The number of aromatic nitrogens is 1. The topological polar surface area (TPSA) is 4.93 Å². The number of aryl methyl sites for hydroxylation is 1. The second-order valence-electron chi connectivity index (χ2n) is 2.99. The normalized spacial score (nSPS) is 11.1. The van der Waals surface area contributed by atoms with Gasteiger partial charge in [-0.15, -0.1) is 3.89 Å². The average Bonchev–Trinajstić information content (AvgIpc) is 2.45. The molecular weight excluding hydrogens is 289 g/mol. The predicted octanol–water partition coefficient (Wildman–Crippen LogP) is 4.75. The third-order valence-electron chi connectivity index (χ3n) is 2.09. The van der Waals surface area contributed by atoms with Crippen LogP contribution in [0.25, 0.3) is 10.9 Å². The fourth-order valence-corrected chi connectivity index (χ4v) is 2.33. The molecule has 14 heavy (non-hydrogen) atoms. The van der Waals surface area contributed by atoms with Gasteiger partial charge in [-0.2, -0.15) is 0 Å². The van der Waals surface area contributed by atoms with Crippen LogP contribution in [-0.4, -0.2) is 3.97 Å². The molecule has 0 aliphatic carbocycles. The van der Waals surface area contributed by atoms with Crippen molar-refractivity contribution in [2.45, 2.75) is 6.92 Å². The number of hydrogen-bond donors (Lipinski definition) is 0. The van der Waals surface area contributed by atoms with Crippen molar-refractivity contribution in [3.63, 3.8) is 0 Å². The van der Waals surface area contributed by atoms with Crippen LogP contribution in [0.4, 0.5) is 3.89 Å². The first-order valence-corrected chi connectivity index (χ1v) is 5.73. The van der Waals surface area contributed by atoms with Gasteiger partial charge in [0, 0.05) is 16.1 Å². The molecule has 1 aromatic heterocycles. The maximum atomic E-state index is 12.5. The summed E-state index contributed by atoms with van der Waals surface area (Å²) >= 11 is 9.45. The Morgan fingerprint density at radius 3 is 2.86 bits per heavy atom. The van der Waals surface area contributed by atoms with Gasteiger partial charge in [0.2, 0.25) is 0 Å². The third-order valence-corrected chi connectivity index (χ3v) is 3.73. The second kappa shape index (κ2) is 3.76. The minimum Gasteiger partial charge on any atom is -0.264 e. The summed E-state index contributed by atoms with van der Waals surface area (Å²) in [5.74, 6) is 0. The van der Waals surface area contributed by atoms with Crippen LogP contribution in [0, 0.1) is 6.92 Å². The van der Waals surface area contributed by atoms with E-state index in [4.69, 9.17) is 11.6 Å². The Kier molecular flexibility index (Phi) is 2.77. The molecule has 0 aliphatic rings. The van der Waals surface area contributed by atoms with E-state index in [0.29, 0.717) is 5.02 Å². The van der Waals surface area contributed by atoms with Crippen LogP contribution in [0.2, 0.25) is 5.02 Å². The van der Waals surface area contributed by atoms with E-state index < -0.39 is 0 Å².